The van der Waals surface area contributed by atoms with Gasteiger partial charge in [0.1, 0.15) is 6.20 Å². The van der Waals surface area contributed by atoms with Gasteiger partial charge >= 0.3 is 5.00 Å². The van der Waals surface area contributed by atoms with Crippen molar-refractivity contribution < 1.29 is 4.92 Å². The molecule has 0 spiro atoms. The van der Waals surface area contributed by atoms with Gasteiger partial charge in [-0.2, -0.15) is 0 Å². The molecule has 4 bridgehead atoms. The van der Waals surface area contributed by atoms with E-state index in [2.05, 4.69) is 17.2 Å². The summed E-state index contributed by atoms with van der Waals surface area (Å²) in [5, 5.41) is 15.1. The molecule has 1 aromatic rings. The van der Waals surface area contributed by atoms with E-state index in [9.17, 15) is 10.1 Å². The van der Waals surface area contributed by atoms with Gasteiger partial charge in [0, 0.05) is 6.04 Å². The molecule has 5 rings (SSSR count). The molecule has 4 aliphatic rings. The summed E-state index contributed by atoms with van der Waals surface area (Å²) >= 11 is 1.15. The number of aromatic nitrogens is 1. The van der Waals surface area contributed by atoms with Crippen LogP contribution in [0.2, 0.25) is 0 Å². The fourth-order valence-corrected chi connectivity index (χ4v) is 6.18. The highest BCUT2D eigenvalue weighted by atomic mass is 32.1. The topological polar surface area (TPSA) is 68.1 Å². The van der Waals surface area contributed by atoms with Gasteiger partial charge in [-0.15, -0.1) is 0 Å². The minimum absolute atomic E-state index is 0.121. The lowest BCUT2D eigenvalue weighted by molar-refractivity contribution is -0.380. The highest BCUT2D eigenvalue weighted by Crippen LogP contribution is 2.61. The van der Waals surface area contributed by atoms with Crippen molar-refractivity contribution in [1.82, 2.24) is 4.98 Å². The number of anilines is 1. The third kappa shape index (κ3) is 2.24. The Bertz CT molecular complexity index is 536. The largest absolute Gasteiger partial charge is 0.358 e. The molecule has 1 N–H and O–H groups in total. The van der Waals surface area contributed by atoms with Crippen molar-refractivity contribution in [3.63, 3.8) is 0 Å². The van der Waals surface area contributed by atoms with E-state index in [1.54, 1.807) is 0 Å². The van der Waals surface area contributed by atoms with E-state index in [-0.39, 0.29) is 9.92 Å². The number of nitrogens with zero attached hydrogens (tertiary/aromatic N) is 2. The summed E-state index contributed by atoms with van der Waals surface area (Å²) in [7, 11) is 0. The number of nitro groups is 1. The lowest BCUT2D eigenvalue weighted by atomic mass is 9.48. The Morgan fingerprint density at radius 2 is 1.90 bits per heavy atom. The Kier molecular flexibility index (Phi) is 3.00. The number of hydrogen-bond donors (Lipinski definition) is 1. The molecule has 0 radical (unpaired) electrons. The summed E-state index contributed by atoms with van der Waals surface area (Å²) in [6, 6.07) is 0.358. The molecular weight excluding hydrogens is 286 g/mol. The molecule has 4 saturated carbocycles. The maximum atomic E-state index is 10.8. The Labute approximate surface area is 128 Å². The summed E-state index contributed by atoms with van der Waals surface area (Å²) in [6.45, 7) is 2.25. The van der Waals surface area contributed by atoms with Crippen molar-refractivity contribution in [3.05, 3.63) is 16.3 Å². The normalized spacial score (nSPS) is 38.4. The van der Waals surface area contributed by atoms with Gasteiger partial charge in [-0.3, -0.25) is 10.1 Å². The first-order valence-corrected chi connectivity index (χ1v) is 8.72. The van der Waals surface area contributed by atoms with Gasteiger partial charge in [-0.1, -0.05) is 0 Å². The van der Waals surface area contributed by atoms with E-state index >= 15 is 0 Å². The molecule has 0 aromatic carbocycles. The minimum atomic E-state index is -0.363. The van der Waals surface area contributed by atoms with Crippen molar-refractivity contribution in [3.8, 4) is 0 Å². The monoisotopic (exact) mass is 307 g/mol. The Hall–Kier alpha value is -1.17. The molecule has 4 fully saturated rings. The summed E-state index contributed by atoms with van der Waals surface area (Å²) < 4.78 is 0. The fourth-order valence-electron chi connectivity index (χ4n) is 5.46. The van der Waals surface area contributed by atoms with Crippen LogP contribution in [0.15, 0.2) is 6.20 Å². The van der Waals surface area contributed by atoms with Crippen LogP contribution in [-0.4, -0.2) is 15.9 Å². The maximum Gasteiger partial charge on any atom is 0.345 e. The summed E-state index contributed by atoms with van der Waals surface area (Å²) in [5.41, 5.74) is 0.398. The molecule has 4 aliphatic carbocycles. The number of thiazole rings is 1. The third-order valence-electron chi connectivity index (χ3n) is 6.02. The smallest absolute Gasteiger partial charge is 0.345 e. The Morgan fingerprint density at radius 1 is 1.33 bits per heavy atom. The highest BCUT2D eigenvalue weighted by Gasteiger charge is 2.53. The van der Waals surface area contributed by atoms with Gasteiger partial charge in [-0.25, -0.2) is 4.98 Å². The zero-order valence-electron chi connectivity index (χ0n) is 12.2. The van der Waals surface area contributed by atoms with Crippen LogP contribution in [0, 0.1) is 33.3 Å². The first-order valence-electron chi connectivity index (χ1n) is 7.91. The molecular formula is C15H21N3O2S. The van der Waals surface area contributed by atoms with Crippen LogP contribution < -0.4 is 5.32 Å². The van der Waals surface area contributed by atoms with Gasteiger partial charge in [0.2, 0.25) is 0 Å². The van der Waals surface area contributed by atoms with Crippen LogP contribution in [0.1, 0.15) is 45.4 Å². The SMILES string of the molecule is CC(Nc1ncc([N+](=O)[O-])s1)C12CC3CC(CC(C3)C1)C2. The molecule has 6 heteroatoms. The van der Waals surface area contributed by atoms with E-state index in [1.165, 1.54) is 44.7 Å². The van der Waals surface area contributed by atoms with Crippen LogP contribution in [0.25, 0.3) is 0 Å². The van der Waals surface area contributed by atoms with Gasteiger partial charge < -0.3 is 5.32 Å². The van der Waals surface area contributed by atoms with Crippen molar-refractivity contribution >= 4 is 21.5 Å². The van der Waals surface area contributed by atoms with Crippen molar-refractivity contribution in [2.45, 2.75) is 51.5 Å². The first-order chi connectivity index (χ1) is 10.0. The number of nitrogens with one attached hydrogen (secondary N) is 1. The molecule has 1 aromatic heterocycles. The summed E-state index contributed by atoms with van der Waals surface area (Å²) in [5.74, 6) is 2.77. The number of hydrogen-bond acceptors (Lipinski definition) is 5. The van der Waals surface area contributed by atoms with E-state index in [1.807, 2.05) is 0 Å². The third-order valence-corrected chi connectivity index (χ3v) is 6.90. The van der Waals surface area contributed by atoms with Crippen LogP contribution in [0.4, 0.5) is 10.1 Å². The zero-order valence-corrected chi connectivity index (χ0v) is 13.1. The van der Waals surface area contributed by atoms with E-state index in [0.717, 1.165) is 29.1 Å². The van der Waals surface area contributed by atoms with Crippen molar-refractivity contribution in [1.29, 1.82) is 0 Å². The van der Waals surface area contributed by atoms with E-state index in [0.29, 0.717) is 16.6 Å². The minimum Gasteiger partial charge on any atom is -0.358 e. The lowest BCUT2D eigenvalue weighted by Gasteiger charge is -2.59. The van der Waals surface area contributed by atoms with Crippen LogP contribution in [-0.2, 0) is 0 Å². The summed E-state index contributed by atoms with van der Waals surface area (Å²) in [4.78, 5) is 14.6. The van der Waals surface area contributed by atoms with Crippen LogP contribution in [0.3, 0.4) is 0 Å². The molecule has 5 nitrogen and oxygen atoms in total. The van der Waals surface area contributed by atoms with E-state index < -0.39 is 0 Å². The second-order valence-corrected chi connectivity index (χ2v) is 8.42. The predicted molar refractivity (Wildman–Crippen MR) is 82.5 cm³/mol. The van der Waals surface area contributed by atoms with Crippen molar-refractivity contribution in [2.24, 2.45) is 23.2 Å². The van der Waals surface area contributed by atoms with Gasteiger partial charge in [0.05, 0.1) is 4.92 Å². The maximum absolute atomic E-state index is 10.8. The fraction of sp³-hybridized carbons (Fsp3) is 0.800. The molecule has 114 valence electrons. The molecule has 0 aliphatic heterocycles. The van der Waals surface area contributed by atoms with Crippen LogP contribution in [0.5, 0.6) is 0 Å². The second-order valence-electron chi connectivity index (χ2n) is 7.41. The van der Waals surface area contributed by atoms with Gasteiger partial charge in [0.15, 0.2) is 5.13 Å². The molecule has 0 amide bonds. The van der Waals surface area contributed by atoms with Gasteiger partial charge in [-0.05, 0) is 80.0 Å². The predicted octanol–water partition coefficient (Wildman–Crippen LogP) is 4.07. The quantitative estimate of drug-likeness (QED) is 0.672. The molecule has 1 heterocycles. The summed E-state index contributed by atoms with van der Waals surface area (Å²) in [6.07, 6.45) is 9.68. The molecule has 1 unspecified atom stereocenters. The molecule has 0 saturated heterocycles. The zero-order chi connectivity index (χ0) is 14.6. The first kappa shape index (κ1) is 13.5. The average molecular weight is 307 g/mol. The average Bonchev–Trinajstić information content (AvgIpc) is 2.85. The van der Waals surface area contributed by atoms with Crippen molar-refractivity contribution in [2.75, 3.05) is 5.32 Å². The standard InChI is InChI=1S/C15H21N3O2S/c1-9(17-14-16-8-13(21-14)18(19)20)15-5-10-2-11(6-15)4-12(3-10)7-15/h8-12H,2-7H2,1H3,(H,16,17). The lowest BCUT2D eigenvalue weighted by Crippen LogP contribution is -2.52. The second kappa shape index (κ2) is 4.66. The number of rotatable bonds is 4. The van der Waals surface area contributed by atoms with E-state index in [4.69, 9.17) is 0 Å². The van der Waals surface area contributed by atoms with Crippen LogP contribution >= 0.6 is 11.3 Å². The molecule has 1 atom stereocenters. The highest BCUT2D eigenvalue weighted by molar-refractivity contribution is 7.18. The van der Waals surface area contributed by atoms with Gasteiger partial charge in [0.25, 0.3) is 0 Å². The Morgan fingerprint density at radius 3 is 2.38 bits per heavy atom. The Balaban J connectivity index is 1.51. The molecule has 21 heavy (non-hydrogen) atoms.